The maximum Gasteiger partial charge on any atom is 0.317 e. The van der Waals surface area contributed by atoms with Gasteiger partial charge >= 0.3 is 6.03 Å². The van der Waals surface area contributed by atoms with Gasteiger partial charge in [0.15, 0.2) is 0 Å². The number of carbonyl (C=O) groups excluding carboxylic acids is 1. The van der Waals surface area contributed by atoms with E-state index in [-0.39, 0.29) is 29.2 Å². The van der Waals surface area contributed by atoms with Crippen LogP contribution in [0.2, 0.25) is 0 Å². The normalized spacial score (nSPS) is 15.6. The van der Waals surface area contributed by atoms with Gasteiger partial charge in [0.2, 0.25) is 5.95 Å². The number of aryl methyl sites for hydroxylation is 3. The van der Waals surface area contributed by atoms with Crippen molar-refractivity contribution in [3.8, 4) is 11.3 Å². The summed E-state index contributed by atoms with van der Waals surface area (Å²) in [5.41, 5.74) is 6.25. The quantitative estimate of drug-likeness (QED) is 0.182. The van der Waals surface area contributed by atoms with E-state index in [1.807, 2.05) is 64.1 Å². The van der Waals surface area contributed by atoms with Gasteiger partial charge in [0.25, 0.3) is 10.1 Å². The molecule has 2 saturated heterocycles. The molecule has 264 valence electrons. The van der Waals surface area contributed by atoms with Crippen molar-refractivity contribution in [1.82, 2.24) is 25.2 Å². The summed E-state index contributed by atoms with van der Waals surface area (Å²) in [7, 11) is -3.83. The lowest BCUT2D eigenvalue weighted by Gasteiger charge is -2.39. The van der Waals surface area contributed by atoms with Gasteiger partial charge in [-0.15, -0.1) is 0 Å². The number of likely N-dealkylation sites (tertiary alicyclic amines) is 1. The van der Waals surface area contributed by atoms with Gasteiger partial charge < -0.3 is 25.2 Å². The predicted molar refractivity (Wildman–Crippen MR) is 193 cm³/mol. The first-order chi connectivity index (χ1) is 23.9. The van der Waals surface area contributed by atoms with Crippen molar-refractivity contribution in [1.29, 1.82) is 0 Å². The minimum absolute atomic E-state index is 0.0810. The van der Waals surface area contributed by atoms with Gasteiger partial charge in [0, 0.05) is 31.4 Å². The molecule has 0 bridgehead atoms. The second-order valence-electron chi connectivity index (χ2n) is 13.3. The van der Waals surface area contributed by atoms with E-state index in [1.54, 1.807) is 36.4 Å². The first kappa shape index (κ1) is 35.2. The number of urea groups is 1. The molecule has 2 aliphatic heterocycles. The molecule has 50 heavy (non-hydrogen) atoms. The van der Waals surface area contributed by atoms with Gasteiger partial charge in [0.05, 0.1) is 53.9 Å². The van der Waals surface area contributed by atoms with Crippen LogP contribution in [0.25, 0.3) is 11.3 Å². The van der Waals surface area contributed by atoms with Gasteiger partial charge in [0.1, 0.15) is 5.82 Å². The Balaban J connectivity index is 0.995. The lowest BCUT2D eigenvalue weighted by molar-refractivity contribution is -0.0641. The number of aromatic nitrogens is 3. The number of carbonyl (C=O) groups is 1. The maximum absolute atomic E-state index is 12.9. The van der Waals surface area contributed by atoms with Gasteiger partial charge in [-0.25, -0.2) is 19.7 Å². The molecule has 2 fully saturated rings. The van der Waals surface area contributed by atoms with Crippen molar-refractivity contribution >= 4 is 33.6 Å². The molecule has 2 amide bonds. The molecule has 12 nitrogen and oxygen atoms in total. The zero-order chi connectivity index (χ0) is 35.4. The number of anilines is 3. The summed E-state index contributed by atoms with van der Waals surface area (Å²) in [6.07, 6.45) is 4.51. The summed E-state index contributed by atoms with van der Waals surface area (Å²) in [6.45, 7) is 12.7. The SMILES string of the molecule is Cc1ccc(S(=O)(=O)OC2CCN(c3ccc(Nc4nccc(-c5ccc(CNC(=O)N6CC(OC(C)C)C6)c(C)c5)n4)cn3)CC2)c(C)c1. The largest absolute Gasteiger partial charge is 0.372 e. The molecular formula is C37H45N7O5S. The van der Waals surface area contributed by atoms with E-state index >= 15 is 0 Å². The van der Waals surface area contributed by atoms with Crippen LogP contribution in [0, 0.1) is 20.8 Å². The molecule has 0 spiro atoms. The van der Waals surface area contributed by atoms with E-state index in [0.29, 0.717) is 57.1 Å². The van der Waals surface area contributed by atoms with E-state index in [1.165, 1.54) is 0 Å². The molecule has 4 aromatic rings. The fourth-order valence-corrected chi connectivity index (χ4v) is 7.60. The summed E-state index contributed by atoms with van der Waals surface area (Å²) >= 11 is 0. The molecule has 4 heterocycles. The molecule has 2 N–H and O–H groups in total. The molecule has 2 aliphatic rings. The summed E-state index contributed by atoms with van der Waals surface area (Å²) in [5, 5.41) is 6.26. The predicted octanol–water partition coefficient (Wildman–Crippen LogP) is 5.90. The number of piperidine rings is 1. The van der Waals surface area contributed by atoms with Crippen LogP contribution in [-0.2, 0) is 25.6 Å². The van der Waals surface area contributed by atoms with E-state index in [0.717, 1.165) is 39.5 Å². The fraction of sp³-hybridized carbons (Fsp3) is 0.405. The summed E-state index contributed by atoms with van der Waals surface area (Å²) in [4.78, 5) is 30.4. The van der Waals surface area contributed by atoms with Crippen molar-refractivity contribution < 1.29 is 22.1 Å². The average molecular weight is 700 g/mol. The first-order valence-corrected chi connectivity index (χ1v) is 18.4. The number of pyridine rings is 1. The molecule has 6 rings (SSSR count). The molecule has 0 saturated carbocycles. The van der Waals surface area contributed by atoms with Crippen LogP contribution in [0.5, 0.6) is 0 Å². The van der Waals surface area contributed by atoms with E-state index < -0.39 is 10.1 Å². The summed E-state index contributed by atoms with van der Waals surface area (Å²) in [5.74, 6) is 1.25. The highest BCUT2D eigenvalue weighted by Crippen LogP contribution is 2.27. The minimum atomic E-state index is -3.83. The zero-order valence-corrected chi connectivity index (χ0v) is 30.0. The Hall–Kier alpha value is -4.59. The number of amides is 2. The molecule has 0 aliphatic carbocycles. The molecule has 0 radical (unpaired) electrons. The van der Waals surface area contributed by atoms with Crippen LogP contribution < -0.4 is 15.5 Å². The Kier molecular flexibility index (Phi) is 10.7. The van der Waals surface area contributed by atoms with Crippen molar-refractivity contribution in [3.63, 3.8) is 0 Å². The molecule has 13 heteroatoms. The Morgan fingerprint density at radius 1 is 0.940 bits per heavy atom. The lowest BCUT2D eigenvalue weighted by atomic mass is 10.0. The van der Waals surface area contributed by atoms with Crippen LogP contribution in [0.1, 0.15) is 48.9 Å². The van der Waals surface area contributed by atoms with E-state index in [9.17, 15) is 13.2 Å². The third-order valence-electron chi connectivity index (χ3n) is 8.96. The minimum Gasteiger partial charge on any atom is -0.372 e. The van der Waals surface area contributed by atoms with Gasteiger partial charge in [-0.3, -0.25) is 4.18 Å². The number of nitrogens with zero attached hydrogens (tertiary/aromatic N) is 5. The third kappa shape index (κ3) is 8.58. The highest BCUT2D eigenvalue weighted by molar-refractivity contribution is 7.86. The van der Waals surface area contributed by atoms with Crippen LogP contribution in [-0.4, -0.2) is 78.8 Å². The number of ether oxygens (including phenoxy) is 1. The molecular weight excluding hydrogens is 655 g/mol. The van der Waals surface area contributed by atoms with E-state index in [2.05, 4.69) is 31.6 Å². The van der Waals surface area contributed by atoms with Gasteiger partial charge in [-0.2, -0.15) is 8.42 Å². The zero-order valence-electron chi connectivity index (χ0n) is 29.2. The molecule has 2 aromatic carbocycles. The van der Waals surface area contributed by atoms with Crippen LogP contribution >= 0.6 is 0 Å². The van der Waals surface area contributed by atoms with Crippen molar-refractivity contribution in [2.24, 2.45) is 0 Å². The first-order valence-electron chi connectivity index (χ1n) is 17.0. The number of hydrogen-bond donors (Lipinski definition) is 2. The topological polar surface area (TPSA) is 139 Å². The highest BCUT2D eigenvalue weighted by Gasteiger charge is 2.32. The van der Waals surface area contributed by atoms with E-state index in [4.69, 9.17) is 13.9 Å². The number of hydrogen-bond acceptors (Lipinski definition) is 10. The fourth-order valence-electron chi connectivity index (χ4n) is 6.26. The van der Waals surface area contributed by atoms with Crippen LogP contribution in [0.3, 0.4) is 0 Å². The summed E-state index contributed by atoms with van der Waals surface area (Å²) in [6, 6.07) is 17.0. The van der Waals surface area contributed by atoms with Gasteiger partial charge in [-0.05, 0) is 94.5 Å². The second kappa shape index (κ2) is 15.1. The molecule has 2 aromatic heterocycles. The smallest absolute Gasteiger partial charge is 0.317 e. The number of rotatable bonds is 11. The average Bonchev–Trinajstić information content (AvgIpc) is 3.06. The third-order valence-corrected chi connectivity index (χ3v) is 10.5. The van der Waals surface area contributed by atoms with Crippen molar-refractivity contribution in [2.75, 3.05) is 36.4 Å². The van der Waals surface area contributed by atoms with Crippen molar-refractivity contribution in [2.45, 2.75) is 77.2 Å². The Bertz CT molecular complexity index is 1920. The Labute approximate surface area is 294 Å². The Morgan fingerprint density at radius 2 is 1.72 bits per heavy atom. The highest BCUT2D eigenvalue weighted by atomic mass is 32.2. The van der Waals surface area contributed by atoms with Crippen LogP contribution in [0.15, 0.2) is 71.9 Å². The Morgan fingerprint density at radius 3 is 2.40 bits per heavy atom. The number of benzene rings is 2. The molecule has 0 atom stereocenters. The van der Waals surface area contributed by atoms with Gasteiger partial charge in [-0.1, -0.05) is 29.8 Å². The van der Waals surface area contributed by atoms with Crippen LogP contribution in [0.4, 0.5) is 22.2 Å². The van der Waals surface area contributed by atoms with Crippen molar-refractivity contribution in [3.05, 3.63) is 89.2 Å². The number of nitrogens with one attached hydrogen (secondary N) is 2. The maximum atomic E-state index is 12.9. The monoisotopic (exact) mass is 699 g/mol. The second-order valence-corrected chi connectivity index (χ2v) is 14.9. The lowest BCUT2D eigenvalue weighted by Crippen LogP contribution is -2.58. The summed E-state index contributed by atoms with van der Waals surface area (Å²) < 4.78 is 37.2. The standard InChI is InChI=1S/C37H45N7O5S/c1-24(2)48-32-22-44(23-32)37(45)40-20-29-8-7-28(19-26(29)4)33-12-15-38-36(42-33)41-30-9-11-35(39-21-30)43-16-13-31(14-17-43)49-50(46,47)34-10-6-25(3)18-27(34)5/h6-12,15,18-19,21,24,31-32H,13-14,16-17,20,22-23H2,1-5H3,(H,40,45)(H,38,41,42). The molecule has 0 unspecified atom stereocenters.